The second-order valence-corrected chi connectivity index (χ2v) is 6.59. The predicted octanol–water partition coefficient (Wildman–Crippen LogP) is 2.61. The van der Waals surface area contributed by atoms with E-state index in [1.807, 2.05) is 0 Å². The van der Waals surface area contributed by atoms with E-state index in [-0.39, 0.29) is 5.92 Å². The van der Waals surface area contributed by atoms with Crippen molar-refractivity contribution in [2.24, 2.45) is 5.92 Å². The zero-order valence-electron chi connectivity index (χ0n) is 12.9. The number of carbonyl (C=O) groups excluding carboxylic acids is 1. The maximum absolute atomic E-state index is 12.8. The van der Waals surface area contributed by atoms with Crippen LogP contribution in [-0.2, 0) is 11.2 Å². The van der Waals surface area contributed by atoms with Crippen molar-refractivity contribution in [1.82, 2.24) is 10.2 Å². The highest BCUT2D eigenvalue weighted by Gasteiger charge is 2.34. The molecule has 0 bridgehead atoms. The fraction of sp³-hybridized carbons (Fsp3) is 0.611. The second kappa shape index (κ2) is 6.61. The first-order chi connectivity index (χ1) is 10.2. The van der Waals surface area contributed by atoms with Gasteiger partial charge in [-0.2, -0.15) is 0 Å². The summed E-state index contributed by atoms with van der Waals surface area (Å²) in [5.74, 6) is 0.638. The smallest absolute Gasteiger partial charge is 0.226 e. The van der Waals surface area contributed by atoms with Gasteiger partial charge in [0, 0.05) is 24.5 Å². The average Bonchev–Trinajstić information content (AvgIpc) is 2.95. The average molecular weight is 286 g/mol. The minimum Gasteiger partial charge on any atom is -0.339 e. The lowest BCUT2D eigenvalue weighted by molar-refractivity contribution is -0.137. The Morgan fingerprint density at radius 2 is 2.10 bits per heavy atom. The van der Waals surface area contributed by atoms with Gasteiger partial charge in [-0.1, -0.05) is 30.3 Å². The normalized spacial score (nSPS) is 29.6. The van der Waals surface area contributed by atoms with E-state index in [0.717, 1.165) is 45.2 Å². The van der Waals surface area contributed by atoms with Gasteiger partial charge in [-0.25, -0.2) is 0 Å². The summed E-state index contributed by atoms with van der Waals surface area (Å²) in [6.07, 6.45) is 5.31. The van der Waals surface area contributed by atoms with E-state index in [0.29, 0.717) is 18.0 Å². The largest absolute Gasteiger partial charge is 0.339 e. The van der Waals surface area contributed by atoms with Gasteiger partial charge in [0.05, 0.1) is 0 Å². The zero-order valence-corrected chi connectivity index (χ0v) is 12.9. The van der Waals surface area contributed by atoms with Gasteiger partial charge in [0.15, 0.2) is 0 Å². The van der Waals surface area contributed by atoms with Crippen LogP contribution in [0.15, 0.2) is 30.3 Å². The Labute approximate surface area is 127 Å². The van der Waals surface area contributed by atoms with E-state index in [1.54, 1.807) is 0 Å². The lowest BCUT2D eigenvalue weighted by atomic mass is 9.91. The molecule has 3 nitrogen and oxygen atoms in total. The quantitative estimate of drug-likeness (QED) is 0.926. The number of hydrogen-bond donors (Lipinski definition) is 1. The lowest BCUT2D eigenvalue weighted by Crippen LogP contribution is -2.46. The summed E-state index contributed by atoms with van der Waals surface area (Å²) in [6, 6.07) is 11.5. The maximum Gasteiger partial charge on any atom is 0.226 e. The summed E-state index contributed by atoms with van der Waals surface area (Å²) in [5, 5.41) is 3.44. The Hall–Kier alpha value is -1.35. The number of amides is 1. The minimum atomic E-state index is 0.234. The number of benzene rings is 1. The summed E-state index contributed by atoms with van der Waals surface area (Å²) >= 11 is 0. The molecule has 114 valence electrons. The predicted molar refractivity (Wildman–Crippen MR) is 85.1 cm³/mol. The highest BCUT2D eigenvalue weighted by molar-refractivity contribution is 5.79. The maximum atomic E-state index is 12.8. The molecule has 3 heteroatoms. The van der Waals surface area contributed by atoms with Gasteiger partial charge in [-0.15, -0.1) is 0 Å². The molecular weight excluding hydrogens is 260 g/mol. The summed E-state index contributed by atoms with van der Waals surface area (Å²) in [6.45, 7) is 4.12. The first-order valence-corrected chi connectivity index (χ1v) is 8.32. The zero-order chi connectivity index (χ0) is 14.7. The van der Waals surface area contributed by atoms with Crippen LogP contribution in [0.4, 0.5) is 0 Å². The van der Waals surface area contributed by atoms with Crippen molar-refractivity contribution < 1.29 is 4.79 Å². The Morgan fingerprint density at radius 1 is 1.29 bits per heavy atom. The fourth-order valence-corrected chi connectivity index (χ4v) is 3.81. The van der Waals surface area contributed by atoms with Gasteiger partial charge >= 0.3 is 0 Å². The van der Waals surface area contributed by atoms with Crippen molar-refractivity contribution in [2.45, 2.75) is 51.1 Å². The van der Waals surface area contributed by atoms with Crippen LogP contribution in [0.5, 0.6) is 0 Å². The number of likely N-dealkylation sites (tertiary alicyclic amines) is 1. The highest BCUT2D eigenvalue weighted by atomic mass is 16.2. The first kappa shape index (κ1) is 14.6. The third kappa shape index (κ3) is 3.46. The Balaban J connectivity index is 1.64. The van der Waals surface area contributed by atoms with Crippen molar-refractivity contribution in [3.63, 3.8) is 0 Å². The van der Waals surface area contributed by atoms with E-state index in [9.17, 15) is 4.79 Å². The molecule has 2 aliphatic rings. The molecule has 0 radical (unpaired) electrons. The summed E-state index contributed by atoms with van der Waals surface area (Å²) in [7, 11) is 0. The minimum absolute atomic E-state index is 0.234. The van der Waals surface area contributed by atoms with Crippen LogP contribution in [0.25, 0.3) is 0 Å². The van der Waals surface area contributed by atoms with Crippen LogP contribution < -0.4 is 5.32 Å². The van der Waals surface area contributed by atoms with E-state index >= 15 is 0 Å². The van der Waals surface area contributed by atoms with Crippen molar-refractivity contribution in [3.05, 3.63) is 35.9 Å². The summed E-state index contributed by atoms with van der Waals surface area (Å²) < 4.78 is 0. The van der Waals surface area contributed by atoms with Crippen LogP contribution >= 0.6 is 0 Å². The first-order valence-electron chi connectivity index (χ1n) is 8.32. The molecule has 3 atom stereocenters. The number of piperidine rings is 1. The third-order valence-corrected chi connectivity index (χ3v) is 4.95. The van der Waals surface area contributed by atoms with Gasteiger partial charge in [0.1, 0.15) is 0 Å². The molecule has 3 rings (SSSR count). The van der Waals surface area contributed by atoms with Crippen LogP contribution in [0.2, 0.25) is 0 Å². The number of nitrogens with one attached hydrogen (secondary N) is 1. The molecule has 0 spiro atoms. The van der Waals surface area contributed by atoms with Gasteiger partial charge < -0.3 is 10.2 Å². The SMILES string of the molecule is C[C@H]1C[C@@H](C(=O)N2CCCC2Cc2ccccc2)CCN1. The van der Waals surface area contributed by atoms with Gasteiger partial charge in [0.2, 0.25) is 5.91 Å². The Bertz CT molecular complexity index is 473. The number of rotatable bonds is 3. The van der Waals surface area contributed by atoms with E-state index in [4.69, 9.17) is 0 Å². The molecule has 2 saturated heterocycles. The molecule has 0 aliphatic carbocycles. The van der Waals surface area contributed by atoms with Crippen LogP contribution in [0, 0.1) is 5.92 Å². The molecule has 1 N–H and O–H groups in total. The Morgan fingerprint density at radius 3 is 2.86 bits per heavy atom. The fourth-order valence-electron chi connectivity index (χ4n) is 3.81. The van der Waals surface area contributed by atoms with Crippen molar-refractivity contribution in [1.29, 1.82) is 0 Å². The van der Waals surface area contributed by atoms with Crippen LogP contribution in [0.1, 0.15) is 38.2 Å². The molecule has 2 fully saturated rings. The highest BCUT2D eigenvalue weighted by Crippen LogP contribution is 2.26. The molecule has 0 saturated carbocycles. The van der Waals surface area contributed by atoms with Crippen LogP contribution in [-0.4, -0.2) is 36.0 Å². The molecule has 1 amide bonds. The standard InChI is InChI=1S/C18H26N2O/c1-14-12-16(9-10-19-14)18(21)20-11-5-8-17(20)13-15-6-3-2-4-7-15/h2-4,6-7,14,16-17,19H,5,8-13H2,1H3/t14-,16-,17?/m0/s1. The molecule has 21 heavy (non-hydrogen) atoms. The lowest BCUT2D eigenvalue weighted by Gasteiger charge is -2.33. The monoisotopic (exact) mass is 286 g/mol. The molecule has 2 heterocycles. The van der Waals surface area contributed by atoms with E-state index < -0.39 is 0 Å². The summed E-state index contributed by atoms with van der Waals surface area (Å²) in [4.78, 5) is 15.0. The van der Waals surface area contributed by atoms with Gasteiger partial charge in [-0.3, -0.25) is 4.79 Å². The van der Waals surface area contributed by atoms with Gasteiger partial charge in [0.25, 0.3) is 0 Å². The molecule has 0 aromatic heterocycles. The van der Waals surface area contributed by atoms with Crippen molar-refractivity contribution in [3.8, 4) is 0 Å². The summed E-state index contributed by atoms with van der Waals surface area (Å²) in [5.41, 5.74) is 1.35. The van der Waals surface area contributed by atoms with Gasteiger partial charge in [-0.05, 0) is 51.1 Å². The third-order valence-electron chi connectivity index (χ3n) is 4.95. The molecular formula is C18H26N2O. The van der Waals surface area contributed by atoms with Crippen molar-refractivity contribution in [2.75, 3.05) is 13.1 Å². The number of hydrogen-bond acceptors (Lipinski definition) is 2. The molecule has 1 aromatic rings. The second-order valence-electron chi connectivity index (χ2n) is 6.59. The number of nitrogens with zero attached hydrogens (tertiary/aromatic N) is 1. The van der Waals surface area contributed by atoms with Crippen molar-refractivity contribution >= 4 is 5.91 Å². The van der Waals surface area contributed by atoms with Crippen LogP contribution in [0.3, 0.4) is 0 Å². The topological polar surface area (TPSA) is 32.3 Å². The van der Waals surface area contributed by atoms with E-state index in [1.165, 1.54) is 5.56 Å². The Kier molecular flexibility index (Phi) is 4.59. The molecule has 2 aliphatic heterocycles. The van der Waals surface area contributed by atoms with E-state index in [2.05, 4.69) is 47.5 Å². The molecule has 1 aromatic carbocycles. The number of carbonyl (C=O) groups is 1. The molecule has 1 unspecified atom stereocenters.